The van der Waals surface area contributed by atoms with Crippen molar-refractivity contribution in [1.82, 2.24) is 5.43 Å². The molecular formula is C9H15N3O. The van der Waals surface area contributed by atoms with E-state index in [0.29, 0.717) is 5.41 Å². The summed E-state index contributed by atoms with van der Waals surface area (Å²) in [5.74, 6) is 1.56. The van der Waals surface area contributed by atoms with Crippen LogP contribution in [0, 0.1) is 17.3 Å². The number of hydrogen-bond donors (Lipinski definition) is 2. The van der Waals surface area contributed by atoms with E-state index in [9.17, 15) is 4.79 Å². The molecule has 2 amide bonds. The number of urea groups is 1. The number of carbonyl (C=O) groups excluding carboxylic acids is 1. The van der Waals surface area contributed by atoms with Gasteiger partial charge in [0.05, 0.1) is 0 Å². The Balaban J connectivity index is 1.90. The molecule has 2 rings (SSSR count). The largest absolute Gasteiger partial charge is 0.350 e. The summed E-state index contributed by atoms with van der Waals surface area (Å²) in [5, 5.41) is 3.96. The molecule has 0 heterocycles. The van der Waals surface area contributed by atoms with Crippen LogP contribution < -0.4 is 11.2 Å². The van der Waals surface area contributed by atoms with E-state index >= 15 is 0 Å². The number of hydrogen-bond acceptors (Lipinski definition) is 2. The Hall–Kier alpha value is -1.06. The van der Waals surface area contributed by atoms with Gasteiger partial charge in [-0.25, -0.2) is 10.2 Å². The molecule has 0 bridgehead atoms. The second kappa shape index (κ2) is 2.47. The van der Waals surface area contributed by atoms with Crippen LogP contribution in [0.25, 0.3) is 0 Å². The fourth-order valence-electron chi connectivity index (χ4n) is 2.48. The number of nitrogens with two attached hydrogens (primary N) is 1. The fraction of sp³-hybridized carbons (Fsp3) is 0.778. The summed E-state index contributed by atoms with van der Waals surface area (Å²) >= 11 is 0. The number of fused-ring (bicyclic) bond motifs is 1. The highest BCUT2D eigenvalue weighted by Crippen LogP contribution is 2.65. The monoisotopic (exact) mass is 181 g/mol. The number of carbonyl (C=O) groups is 1. The molecule has 0 aromatic rings. The molecule has 0 aliphatic heterocycles. The van der Waals surface area contributed by atoms with Gasteiger partial charge in [0.1, 0.15) is 0 Å². The molecule has 0 unspecified atom stereocenters. The standard InChI is InChI=1S/C9H15N3O/c1-9(2)6-3-5(4-7(6)9)11-12-8(10)13/h6-7H,3-4H2,1-2H3,(H3,10,12,13)/t6-,7+. The lowest BCUT2D eigenvalue weighted by atomic mass is 10.00. The van der Waals surface area contributed by atoms with E-state index in [4.69, 9.17) is 5.73 Å². The first-order valence-electron chi connectivity index (χ1n) is 4.62. The molecule has 4 heteroatoms. The van der Waals surface area contributed by atoms with Crippen molar-refractivity contribution in [3.8, 4) is 0 Å². The average Bonchev–Trinajstić information content (AvgIpc) is 2.51. The molecule has 0 radical (unpaired) electrons. The van der Waals surface area contributed by atoms with Crippen LogP contribution in [-0.4, -0.2) is 11.7 Å². The van der Waals surface area contributed by atoms with E-state index in [2.05, 4.69) is 24.4 Å². The summed E-state index contributed by atoms with van der Waals surface area (Å²) in [7, 11) is 0. The van der Waals surface area contributed by atoms with Crippen molar-refractivity contribution in [1.29, 1.82) is 0 Å². The highest BCUT2D eigenvalue weighted by atomic mass is 16.2. The minimum atomic E-state index is -0.577. The fourth-order valence-corrected chi connectivity index (χ4v) is 2.48. The van der Waals surface area contributed by atoms with Gasteiger partial charge in [-0.2, -0.15) is 5.10 Å². The maximum atomic E-state index is 10.4. The van der Waals surface area contributed by atoms with Crippen LogP contribution in [0.4, 0.5) is 4.79 Å². The Kier molecular flexibility index (Phi) is 1.62. The quantitative estimate of drug-likeness (QED) is 0.584. The number of hydrazone groups is 1. The van der Waals surface area contributed by atoms with Gasteiger partial charge < -0.3 is 5.73 Å². The molecule has 2 aliphatic carbocycles. The molecule has 0 aromatic heterocycles. The van der Waals surface area contributed by atoms with Crippen molar-refractivity contribution in [2.24, 2.45) is 28.1 Å². The topological polar surface area (TPSA) is 67.5 Å². The van der Waals surface area contributed by atoms with Crippen LogP contribution in [0.1, 0.15) is 26.7 Å². The van der Waals surface area contributed by atoms with Crippen molar-refractivity contribution in [2.75, 3.05) is 0 Å². The van der Waals surface area contributed by atoms with Gasteiger partial charge in [0, 0.05) is 5.71 Å². The zero-order chi connectivity index (χ0) is 9.64. The Labute approximate surface area is 77.6 Å². The van der Waals surface area contributed by atoms with Gasteiger partial charge in [0.2, 0.25) is 0 Å². The van der Waals surface area contributed by atoms with Crippen molar-refractivity contribution < 1.29 is 4.79 Å². The number of rotatable bonds is 1. The first kappa shape index (κ1) is 8.53. The normalized spacial score (nSPS) is 37.2. The maximum absolute atomic E-state index is 10.4. The first-order chi connectivity index (χ1) is 6.01. The van der Waals surface area contributed by atoms with Gasteiger partial charge in [0.25, 0.3) is 0 Å². The van der Waals surface area contributed by atoms with Crippen LogP contribution in [0.3, 0.4) is 0 Å². The summed E-state index contributed by atoms with van der Waals surface area (Å²) < 4.78 is 0. The van der Waals surface area contributed by atoms with Crippen molar-refractivity contribution >= 4 is 11.7 Å². The van der Waals surface area contributed by atoms with Gasteiger partial charge in [0.15, 0.2) is 0 Å². The SMILES string of the molecule is CC1(C)[C@@H]2CC(=NNC(N)=O)C[C@@H]21. The molecule has 2 atom stereocenters. The highest BCUT2D eigenvalue weighted by molar-refractivity contribution is 5.89. The summed E-state index contributed by atoms with van der Waals surface area (Å²) in [4.78, 5) is 10.4. The van der Waals surface area contributed by atoms with Crippen LogP contribution in [0.15, 0.2) is 5.10 Å². The van der Waals surface area contributed by atoms with Gasteiger partial charge in [-0.05, 0) is 30.1 Å². The number of nitrogens with zero attached hydrogens (tertiary/aromatic N) is 1. The van der Waals surface area contributed by atoms with E-state index in [1.165, 1.54) is 0 Å². The minimum Gasteiger partial charge on any atom is -0.350 e. The van der Waals surface area contributed by atoms with Crippen molar-refractivity contribution in [3.05, 3.63) is 0 Å². The molecule has 2 aliphatic rings. The summed E-state index contributed by atoms with van der Waals surface area (Å²) in [5.41, 5.74) is 8.79. The van der Waals surface area contributed by atoms with E-state index in [-0.39, 0.29) is 0 Å². The number of amides is 2. The third-order valence-corrected chi connectivity index (χ3v) is 3.52. The number of nitrogens with one attached hydrogen (secondary N) is 1. The van der Waals surface area contributed by atoms with Gasteiger partial charge in [-0.15, -0.1) is 0 Å². The zero-order valence-electron chi connectivity index (χ0n) is 8.00. The predicted molar refractivity (Wildman–Crippen MR) is 50.1 cm³/mol. The molecule has 2 fully saturated rings. The lowest BCUT2D eigenvalue weighted by Gasteiger charge is -2.08. The van der Waals surface area contributed by atoms with Crippen molar-refractivity contribution in [2.45, 2.75) is 26.7 Å². The third-order valence-electron chi connectivity index (χ3n) is 3.52. The zero-order valence-corrected chi connectivity index (χ0v) is 8.00. The summed E-state index contributed by atoms with van der Waals surface area (Å²) in [6, 6.07) is -0.577. The Morgan fingerprint density at radius 1 is 1.54 bits per heavy atom. The predicted octanol–water partition coefficient (Wildman–Crippen LogP) is 1.08. The second-order valence-corrected chi connectivity index (χ2v) is 4.60. The molecule has 0 saturated heterocycles. The van der Waals surface area contributed by atoms with Crippen LogP contribution in [0.2, 0.25) is 0 Å². The van der Waals surface area contributed by atoms with Crippen LogP contribution in [0.5, 0.6) is 0 Å². The Bertz CT molecular complexity index is 267. The molecule has 13 heavy (non-hydrogen) atoms. The van der Waals surface area contributed by atoms with E-state index in [0.717, 1.165) is 30.4 Å². The summed E-state index contributed by atoms with van der Waals surface area (Å²) in [6.07, 6.45) is 2.05. The molecule has 3 N–H and O–H groups in total. The molecule has 0 aromatic carbocycles. The lowest BCUT2D eigenvalue weighted by Crippen LogP contribution is -2.25. The van der Waals surface area contributed by atoms with Gasteiger partial charge in [-0.1, -0.05) is 13.8 Å². The minimum absolute atomic E-state index is 0.506. The van der Waals surface area contributed by atoms with Crippen molar-refractivity contribution in [3.63, 3.8) is 0 Å². The molecule has 0 spiro atoms. The van der Waals surface area contributed by atoms with Crippen LogP contribution in [-0.2, 0) is 0 Å². The average molecular weight is 181 g/mol. The maximum Gasteiger partial charge on any atom is 0.332 e. The molecule has 2 saturated carbocycles. The van der Waals surface area contributed by atoms with Crippen LogP contribution >= 0.6 is 0 Å². The Morgan fingerprint density at radius 3 is 2.54 bits per heavy atom. The van der Waals surface area contributed by atoms with E-state index < -0.39 is 6.03 Å². The smallest absolute Gasteiger partial charge is 0.332 e. The number of primary amides is 1. The highest BCUT2D eigenvalue weighted by Gasteiger charge is 2.61. The van der Waals surface area contributed by atoms with E-state index in [1.807, 2.05) is 0 Å². The molecule has 72 valence electrons. The van der Waals surface area contributed by atoms with E-state index in [1.54, 1.807) is 0 Å². The summed E-state index contributed by atoms with van der Waals surface area (Å²) in [6.45, 7) is 4.58. The molecular weight excluding hydrogens is 166 g/mol. The first-order valence-corrected chi connectivity index (χ1v) is 4.62. The second-order valence-electron chi connectivity index (χ2n) is 4.60. The molecule has 4 nitrogen and oxygen atoms in total. The van der Waals surface area contributed by atoms with Gasteiger partial charge >= 0.3 is 6.03 Å². The Morgan fingerprint density at radius 2 is 2.08 bits per heavy atom. The third kappa shape index (κ3) is 1.30. The lowest BCUT2D eigenvalue weighted by molar-refractivity contribution is 0.249. The van der Waals surface area contributed by atoms with Gasteiger partial charge in [-0.3, -0.25) is 0 Å².